The van der Waals surface area contributed by atoms with Gasteiger partial charge in [-0.1, -0.05) is 6.07 Å². The Morgan fingerprint density at radius 1 is 1.18 bits per heavy atom. The number of halogens is 5. The quantitative estimate of drug-likeness (QED) is 0.403. The van der Waals surface area contributed by atoms with Crippen molar-refractivity contribution in [3.8, 4) is 0 Å². The standard InChI is InChI=1S/C22H16F5N3O4/c23-12-6-15(24)19(28-8-12)14(22(25,26)27)7-17(31)10-1-2-13-11(5-10)9-30(21(13)34)16-3-4-18(32)29-20(16)33/h1-2,5-6,8,14,16H,3-4,7,9H2,(H,29,32,33)/t14-,16?/m1/s1. The first-order valence-electron chi connectivity index (χ1n) is 10.1. The summed E-state index contributed by atoms with van der Waals surface area (Å²) in [5.74, 6) is -7.85. The predicted octanol–water partition coefficient (Wildman–Crippen LogP) is 3.04. The molecule has 7 nitrogen and oxygen atoms in total. The van der Waals surface area contributed by atoms with Crippen LogP contribution in [0.5, 0.6) is 0 Å². The van der Waals surface area contributed by atoms with Crippen LogP contribution in [0.3, 0.4) is 0 Å². The number of piperidine rings is 1. The van der Waals surface area contributed by atoms with E-state index in [2.05, 4.69) is 10.3 Å². The SMILES string of the molecule is O=C1CCC(N2Cc3cc(C(=O)C[C@H](c4ncc(F)cc4F)C(F)(F)F)ccc3C2=O)C(=O)N1. The molecule has 2 atom stereocenters. The molecule has 1 saturated heterocycles. The van der Waals surface area contributed by atoms with Gasteiger partial charge in [-0.25, -0.2) is 8.78 Å². The highest BCUT2D eigenvalue weighted by Gasteiger charge is 2.45. The summed E-state index contributed by atoms with van der Waals surface area (Å²) in [6.07, 6.45) is -5.60. The molecule has 4 rings (SSSR count). The molecule has 1 N–H and O–H groups in total. The minimum absolute atomic E-state index is 0.0487. The summed E-state index contributed by atoms with van der Waals surface area (Å²) in [5.41, 5.74) is -0.730. The number of amides is 3. The Bertz CT molecular complexity index is 1210. The summed E-state index contributed by atoms with van der Waals surface area (Å²) < 4.78 is 67.8. The number of Topliss-reactive ketones (excluding diaryl/α,β-unsaturated/α-hetero) is 1. The van der Waals surface area contributed by atoms with Gasteiger partial charge in [0.2, 0.25) is 11.8 Å². The summed E-state index contributed by atoms with van der Waals surface area (Å²) >= 11 is 0. The first kappa shape index (κ1) is 23.5. The molecule has 3 amide bonds. The lowest BCUT2D eigenvalue weighted by Gasteiger charge is -2.29. The molecule has 0 spiro atoms. The maximum absolute atomic E-state index is 14.0. The highest BCUT2D eigenvalue weighted by molar-refractivity contribution is 6.06. The number of nitrogens with zero attached hydrogens (tertiary/aromatic N) is 2. The molecule has 12 heteroatoms. The van der Waals surface area contributed by atoms with Crippen LogP contribution in [-0.4, -0.2) is 45.6 Å². The number of imide groups is 1. The molecule has 0 saturated carbocycles. The van der Waals surface area contributed by atoms with Gasteiger partial charge in [0.05, 0.1) is 11.9 Å². The summed E-state index contributed by atoms with van der Waals surface area (Å²) in [5, 5.41) is 2.15. The van der Waals surface area contributed by atoms with E-state index in [1.54, 1.807) is 0 Å². The molecule has 2 aromatic rings. The second-order valence-corrected chi connectivity index (χ2v) is 8.01. The summed E-state index contributed by atoms with van der Waals surface area (Å²) in [6, 6.07) is 3.07. The monoisotopic (exact) mass is 481 g/mol. The number of nitrogens with one attached hydrogen (secondary N) is 1. The van der Waals surface area contributed by atoms with Gasteiger partial charge in [0.1, 0.15) is 23.6 Å². The molecule has 2 aliphatic heterocycles. The third-order valence-corrected chi connectivity index (χ3v) is 5.80. The lowest BCUT2D eigenvalue weighted by molar-refractivity contribution is -0.151. The van der Waals surface area contributed by atoms with Crippen molar-refractivity contribution in [1.29, 1.82) is 0 Å². The second kappa shape index (κ2) is 8.58. The highest BCUT2D eigenvalue weighted by Crippen LogP contribution is 2.39. The smallest absolute Gasteiger partial charge is 0.322 e. The number of alkyl halides is 3. The zero-order chi connectivity index (χ0) is 24.8. The molecular formula is C22H16F5N3O4. The summed E-state index contributed by atoms with van der Waals surface area (Å²) in [6.45, 7) is -0.0710. The number of carbonyl (C=O) groups is 4. The van der Waals surface area contributed by atoms with Gasteiger partial charge >= 0.3 is 6.18 Å². The topological polar surface area (TPSA) is 96.4 Å². The van der Waals surface area contributed by atoms with Crippen molar-refractivity contribution in [3.05, 3.63) is 64.5 Å². The van der Waals surface area contributed by atoms with Crippen LogP contribution in [0.25, 0.3) is 0 Å². The zero-order valence-corrected chi connectivity index (χ0v) is 17.3. The molecule has 34 heavy (non-hydrogen) atoms. The fraction of sp³-hybridized carbons (Fsp3) is 0.318. The molecule has 1 fully saturated rings. The molecule has 2 aliphatic rings. The number of hydrogen-bond donors (Lipinski definition) is 1. The molecule has 1 unspecified atom stereocenters. The molecule has 0 aliphatic carbocycles. The van der Waals surface area contributed by atoms with Crippen molar-refractivity contribution in [3.63, 3.8) is 0 Å². The summed E-state index contributed by atoms with van der Waals surface area (Å²) in [4.78, 5) is 53.3. The van der Waals surface area contributed by atoms with Gasteiger partial charge in [-0.3, -0.25) is 29.5 Å². The Labute approximate surface area is 188 Å². The van der Waals surface area contributed by atoms with Gasteiger partial charge in [-0.2, -0.15) is 13.2 Å². The Hall–Kier alpha value is -3.70. The normalized spacial score (nSPS) is 19.1. The van der Waals surface area contributed by atoms with Gasteiger partial charge in [-0.15, -0.1) is 0 Å². The number of carbonyl (C=O) groups excluding carboxylic acids is 4. The molecule has 3 heterocycles. The first-order chi connectivity index (χ1) is 16.0. The van der Waals surface area contributed by atoms with Crippen LogP contribution in [0, 0.1) is 11.6 Å². The Morgan fingerprint density at radius 3 is 2.56 bits per heavy atom. The average Bonchev–Trinajstić information content (AvgIpc) is 3.07. The van der Waals surface area contributed by atoms with E-state index < -0.39 is 65.4 Å². The van der Waals surface area contributed by atoms with E-state index in [-0.39, 0.29) is 36.6 Å². The Balaban J connectivity index is 1.56. The predicted molar refractivity (Wildman–Crippen MR) is 104 cm³/mol. The van der Waals surface area contributed by atoms with Crippen LogP contribution >= 0.6 is 0 Å². The van der Waals surface area contributed by atoms with Crippen LogP contribution < -0.4 is 5.32 Å². The number of hydrogen-bond acceptors (Lipinski definition) is 5. The molecule has 0 bridgehead atoms. The van der Waals surface area contributed by atoms with Crippen LogP contribution in [0.4, 0.5) is 22.0 Å². The van der Waals surface area contributed by atoms with Crippen molar-refractivity contribution < 1.29 is 41.1 Å². The van der Waals surface area contributed by atoms with Crippen LogP contribution in [0.15, 0.2) is 30.5 Å². The Morgan fingerprint density at radius 2 is 1.91 bits per heavy atom. The Kier molecular flexibility index (Phi) is 5.92. The highest BCUT2D eigenvalue weighted by atomic mass is 19.4. The first-order valence-corrected chi connectivity index (χ1v) is 10.1. The average molecular weight is 481 g/mol. The number of rotatable bonds is 5. The summed E-state index contributed by atoms with van der Waals surface area (Å²) in [7, 11) is 0. The molecule has 1 aromatic heterocycles. The minimum Gasteiger partial charge on any atom is -0.322 e. The largest absolute Gasteiger partial charge is 0.397 e. The maximum Gasteiger partial charge on any atom is 0.397 e. The number of ketones is 1. The molecule has 1 aromatic carbocycles. The number of aromatic nitrogens is 1. The molecule has 0 radical (unpaired) electrons. The van der Waals surface area contributed by atoms with E-state index in [1.165, 1.54) is 23.1 Å². The van der Waals surface area contributed by atoms with Crippen molar-refractivity contribution in [1.82, 2.24) is 15.2 Å². The van der Waals surface area contributed by atoms with E-state index in [1.807, 2.05) is 0 Å². The van der Waals surface area contributed by atoms with Gasteiger partial charge in [0.15, 0.2) is 5.78 Å². The van der Waals surface area contributed by atoms with Crippen molar-refractivity contribution in [2.75, 3.05) is 0 Å². The van der Waals surface area contributed by atoms with Crippen LogP contribution in [0.2, 0.25) is 0 Å². The van der Waals surface area contributed by atoms with Gasteiger partial charge in [-0.05, 0) is 24.1 Å². The van der Waals surface area contributed by atoms with E-state index in [9.17, 15) is 41.1 Å². The van der Waals surface area contributed by atoms with E-state index in [0.29, 0.717) is 11.8 Å². The lowest BCUT2D eigenvalue weighted by atomic mass is 9.93. The third kappa shape index (κ3) is 4.39. The van der Waals surface area contributed by atoms with Gasteiger partial charge in [0.25, 0.3) is 5.91 Å². The maximum atomic E-state index is 14.0. The van der Waals surface area contributed by atoms with Crippen molar-refractivity contribution >= 4 is 23.5 Å². The fourth-order valence-corrected chi connectivity index (χ4v) is 4.10. The number of fused-ring (bicyclic) bond motifs is 1. The molecular weight excluding hydrogens is 465 g/mol. The van der Waals surface area contributed by atoms with E-state index >= 15 is 0 Å². The zero-order valence-electron chi connectivity index (χ0n) is 17.3. The second-order valence-electron chi connectivity index (χ2n) is 8.01. The van der Waals surface area contributed by atoms with Gasteiger partial charge < -0.3 is 4.90 Å². The fourth-order valence-electron chi connectivity index (χ4n) is 4.10. The van der Waals surface area contributed by atoms with Crippen LogP contribution in [0.1, 0.15) is 57.2 Å². The van der Waals surface area contributed by atoms with E-state index in [4.69, 9.17) is 0 Å². The van der Waals surface area contributed by atoms with Crippen LogP contribution in [-0.2, 0) is 16.1 Å². The lowest BCUT2D eigenvalue weighted by Crippen LogP contribution is -2.52. The van der Waals surface area contributed by atoms with Crippen molar-refractivity contribution in [2.24, 2.45) is 0 Å². The molecule has 178 valence electrons. The number of benzene rings is 1. The minimum atomic E-state index is -5.03. The third-order valence-electron chi connectivity index (χ3n) is 5.80. The number of pyridine rings is 1. The van der Waals surface area contributed by atoms with Crippen molar-refractivity contribution in [2.45, 2.75) is 43.9 Å². The van der Waals surface area contributed by atoms with Gasteiger partial charge in [0, 0.05) is 36.6 Å². The van der Waals surface area contributed by atoms with E-state index in [0.717, 1.165) is 0 Å².